The number of rotatable bonds is 5. The van der Waals surface area contributed by atoms with Crippen molar-refractivity contribution in [3.63, 3.8) is 0 Å². The van der Waals surface area contributed by atoms with Gasteiger partial charge in [-0.1, -0.05) is 153 Å². The summed E-state index contributed by atoms with van der Waals surface area (Å²) in [6, 6.07) is 59.3. The number of pyridine rings is 1. The molecule has 8 aromatic carbocycles. The molecule has 0 spiro atoms. The van der Waals surface area contributed by atoms with E-state index in [1.807, 2.05) is 18.5 Å². The van der Waals surface area contributed by atoms with Gasteiger partial charge in [0.25, 0.3) is 0 Å². The van der Waals surface area contributed by atoms with Crippen molar-refractivity contribution in [2.75, 3.05) is 0 Å². The summed E-state index contributed by atoms with van der Waals surface area (Å²) in [5.41, 5.74) is 14.6. The van der Waals surface area contributed by atoms with Crippen LogP contribution >= 0.6 is 0 Å². The molecule has 0 saturated heterocycles. The molecule has 0 saturated carbocycles. The fraction of sp³-hybridized carbons (Fsp3) is 0.0577. The van der Waals surface area contributed by atoms with Gasteiger partial charge in [0.2, 0.25) is 0 Å². The lowest BCUT2D eigenvalue weighted by Crippen LogP contribution is -2.14. The molecule has 0 atom stereocenters. The maximum atomic E-state index is 5.29. The predicted molar refractivity (Wildman–Crippen MR) is 228 cm³/mol. The van der Waals surface area contributed by atoms with Crippen LogP contribution in [0.1, 0.15) is 25.0 Å². The summed E-state index contributed by atoms with van der Waals surface area (Å²) in [5.74, 6) is 0.698. The molecule has 1 aliphatic rings. The van der Waals surface area contributed by atoms with E-state index >= 15 is 0 Å². The minimum absolute atomic E-state index is 0.111. The Balaban J connectivity index is 1.04. The topological polar surface area (TPSA) is 38.7 Å². The highest BCUT2D eigenvalue weighted by Gasteiger charge is 2.35. The first kappa shape index (κ1) is 31.5. The fourth-order valence-electron chi connectivity index (χ4n) is 8.91. The second kappa shape index (κ2) is 12.0. The Morgan fingerprint density at radius 1 is 0.400 bits per heavy atom. The average molecular weight is 702 g/mol. The fourth-order valence-corrected chi connectivity index (χ4v) is 8.91. The zero-order chi connectivity index (χ0) is 36.7. The van der Waals surface area contributed by atoms with Crippen LogP contribution in [-0.4, -0.2) is 15.0 Å². The molecule has 0 amide bonds. The Labute approximate surface area is 320 Å². The van der Waals surface area contributed by atoms with Crippen LogP contribution in [0.4, 0.5) is 0 Å². The maximum Gasteiger partial charge on any atom is 0.160 e. The van der Waals surface area contributed by atoms with Gasteiger partial charge in [0.1, 0.15) is 0 Å². The third-order valence-electron chi connectivity index (χ3n) is 11.7. The van der Waals surface area contributed by atoms with Crippen molar-refractivity contribution in [3.8, 4) is 67.3 Å². The van der Waals surface area contributed by atoms with E-state index in [-0.39, 0.29) is 5.41 Å². The number of aromatic nitrogens is 3. The van der Waals surface area contributed by atoms with Gasteiger partial charge in [0, 0.05) is 40.1 Å². The van der Waals surface area contributed by atoms with Crippen LogP contribution in [0.3, 0.4) is 0 Å². The van der Waals surface area contributed by atoms with Gasteiger partial charge in [-0.15, -0.1) is 0 Å². The summed E-state index contributed by atoms with van der Waals surface area (Å²) in [7, 11) is 0. The largest absolute Gasteiger partial charge is 0.264 e. The van der Waals surface area contributed by atoms with E-state index < -0.39 is 0 Å². The molecule has 0 unspecified atom stereocenters. The quantitative estimate of drug-likeness (QED) is 0.168. The van der Waals surface area contributed by atoms with Crippen molar-refractivity contribution in [1.29, 1.82) is 0 Å². The molecule has 11 rings (SSSR count). The predicted octanol–water partition coefficient (Wildman–Crippen LogP) is 13.4. The monoisotopic (exact) mass is 701 g/mol. The highest BCUT2D eigenvalue weighted by molar-refractivity contribution is 6.25. The van der Waals surface area contributed by atoms with Gasteiger partial charge < -0.3 is 0 Å². The molecule has 0 bridgehead atoms. The minimum atomic E-state index is -0.111. The molecular formula is C52H35N3. The number of hydrogen-bond donors (Lipinski definition) is 0. The van der Waals surface area contributed by atoms with Crippen LogP contribution in [0.5, 0.6) is 0 Å². The average Bonchev–Trinajstić information content (AvgIpc) is 3.48. The number of nitrogens with zero attached hydrogens (tertiary/aromatic N) is 3. The van der Waals surface area contributed by atoms with Crippen LogP contribution in [-0.2, 0) is 5.41 Å². The van der Waals surface area contributed by atoms with Crippen molar-refractivity contribution in [3.05, 3.63) is 187 Å². The van der Waals surface area contributed by atoms with Crippen LogP contribution in [0.25, 0.3) is 99.6 Å². The summed E-state index contributed by atoms with van der Waals surface area (Å²) in [4.78, 5) is 14.9. The summed E-state index contributed by atoms with van der Waals surface area (Å²) < 4.78 is 0. The molecule has 2 aromatic heterocycles. The standard InChI is InChI=1S/C52H35N3/c1-52(2)45-14-4-3-13-42(45)43-25-23-39(29-46(43)52)48-30-47(38-11-6-10-37(28-38)40-12-7-27-53-31-40)54-51(55-48)36-19-15-32(16-20-36)41-24-21-35-18-17-33-8-5-9-34-22-26-44(41)50(35)49(33)34/h3-31H,1-2H3. The first-order chi connectivity index (χ1) is 27.0. The molecule has 2 heterocycles. The highest BCUT2D eigenvalue weighted by Crippen LogP contribution is 2.49. The van der Waals surface area contributed by atoms with Crippen LogP contribution in [0.15, 0.2) is 176 Å². The molecule has 10 aromatic rings. The summed E-state index contributed by atoms with van der Waals surface area (Å²) >= 11 is 0. The number of fused-ring (bicyclic) bond motifs is 3. The van der Waals surface area contributed by atoms with Crippen LogP contribution in [0.2, 0.25) is 0 Å². The summed E-state index contributed by atoms with van der Waals surface area (Å²) in [6.45, 7) is 4.65. The Morgan fingerprint density at radius 2 is 1.02 bits per heavy atom. The van der Waals surface area contributed by atoms with E-state index in [1.165, 1.54) is 65.7 Å². The van der Waals surface area contributed by atoms with Crippen molar-refractivity contribution in [2.24, 2.45) is 0 Å². The Kier molecular flexibility index (Phi) is 6.90. The first-order valence-electron chi connectivity index (χ1n) is 18.9. The number of hydrogen-bond acceptors (Lipinski definition) is 3. The van der Waals surface area contributed by atoms with Crippen molar-refractivity contribution >= 4 is 32.3 Å². The van der Waals surface area contributed by atoms with E-state index in [0.29, 0.717) is 5.82 Å². The molecule has 1 aliphatic carbocycles. The Hall–Kier alpha value is -6.97. The smallest absolute Gasteiger partial charge is 0.160 e. The van der Waals surface area contributed by atoms with Crippen molar-refractivity contribution < 1.29 is 0 Å². The van der Waals surface area contributed by atoms with Crippen LogP contribution in [0, 0.1) is 0 Å². The Morgan fingerprint density at radius 3 is 1.82 bits per heavy atom. The van der Waals surface area contributed by atoms with Gasteiger partial charge in [-0.05, 0) is 95.5 Å². The van der Waals surface area contributed by atoms with Gasteiger partial charge in [-0.25, -0.2) is 9.97 Å². The summed E-state index contributed by atoms with van der Waals surface area (Å²) in [6.07, 6.45) is 3.71. The van der Waals surface area contributed by atoms with E-state index in [2.05, 4.69) is 177 Å². The van der Waals surface area contributed by atoms with Gasteiger partial charge in [0.15, 0.2) is 5.82 Å². The number of benzene rings is 8. The normalized spacial score (nSPS) is 13.1. The lowest BCUT2D eigenvalue weighted by atomic mass is 9.82. The van der Waals surface area contributed by atoms with Gasteiger partial charge in [-0.3, -0.25) is 4.98 Å². The van der Waals surface area contributed by atoms with Crippen molar-refractivity contribution in [1.82, 2.24) is 15.0 Å². The summed E-state index contributed by atoms with van der Waals surface area (Å²) in [5, 5.41) is 7.75. The van der Waals surface area contributed by atoms with Crippen molar-refractivity contribution in [2.45, 2.75) is 19.3 Å². The molecule has 0 N–H and O–H groups in total. The van der Waals surface area contributed by atoms with Gasteiger partial charge in [0.05, 0.1) is 11.4 Å². The molecule has 0 fully saturated rings. The van der Waals surface area contributed by atoms with E-state index in [1.54, 1.807) is 0 Å². The molecule has 0 aliphatic heterocycles. The third-order valence-corrected chi connectivity index (χ3v) is 11.7. The van der Waals surface area contributed by atoms with E-state index in [4.69, 9.17) is 9.97 Å². The van der Waals surface area contributed by atoms with Gasteiger partial charge >= 0.3 is 0 Å². The Bertz CT molecular complexity index is 3090. The zero-order valence-electron chi connectivity index (χ0n) is 30.6. The third kappa shape index (κ3) is 5.01. The van der Waals surface area contributed by atoms with Crippen LogP contribution < -0.4 is 0 Å². The molecule has 55 heavy (non-hydrogen) atoms. The molecule has 3 nitrogen and oxygen atoms in total. The molecule has 3 heteroatoms. The maximum absolute atomic E-state index is 5.29. The lowest BCUT2D eigenvalue weighted by Gasteiger charge is -2.22. The second-order valence-corrected chi connectivity index (χ2v) is 15.3. The second-order valence-electron chi connectivity index (χ2n) is 15.3. The first-order valence-corrected chi connectivity index (χ1v) is 18.9. The molecule has 258 valence electrons. The molecule has 0 radical (unpaired) electrons. The zero-order valence-corrected chi connectivity index (χ0v) is 30.6. The minimum Gasteiger partial charge on any atom is -0.264 e. The van der Waals surface area contributed by atoms with Gasteiger partial charge in [-0.2, -0.15) is 0 Å². The van der Waals surface area contributed by atoms with E-state index in [9.17, 15) is 0 Å². The SMILES string of the molecule is CC1(C)c2ccccc2-c2ccc(-c3cc(-c4cccc(-c5cccnc5)c4)nc(-c4ccc(-c5ccc6ccc7cccc8ccc5c6c78)cc4)n3)cc21. The molecular weight excluding hydrogens is 667 g/mol. The highest BCUT2D eigenvalue weighted by atomic mass is 14.9. The lowest BCUT2D eigenvalue weighted by molar-refractivity contribution is 0.660. The van der Waals surface area contributed by atoms with E-state index in [0.717, 1.165) is 39.2 Å².